The summed E-state index contributed by atoms with van der Waals surface area (Å²) in [6.07, 6.45) is 3.36. The van der Waals surface area contributed by atoms with Crippen molar-refractivity contribution in [3.63, 3.8) is 0 Å². The predicted molar refractivity (Wildman–Crippen MR) is 99.4 cm³/mol. The zero-order valence-electron chi connectivity index (χ0n) is 13.8. The van der Waals surface area contributed by atoms with E-state index in [2.05, 4.69) is 15.6 Å². The Morgan fingerprint density at radius 1 is 1.04 bits per heavy atom. The number of pyridine rings is 1. The van der Waals surface area contributed by atoms with Crippen LogP contribution in [0.15, 0.2) is 73.1 Å². The number of rotatable bonds is 6. The van der Waals surface area contributed by atoms with E-state index in [0.29, 0.717) is 11.4 Å². The summed E-state index contributed by atoms with van der Waals surface area (Å²) in [5, 5.41) is 17.0. The minimum atomic E-state index is -0.497. The third kappa shape index (κ3) is 4.41. The number of nitrogens with zero attached hydrogens (tertiary/aromatic N) is 2. The first kappa shape index (κ1) is 17.1. The number of carbonyl (C=O) groups is 1. The van der Waals surface area contributed by atoms with E-state index in [-0.39, 0.29) is 18.0 Å². The second-order valence-corrected chi connectivity index (χ2v) is 5.56. The van der Waals surface area contributed by atoms with Gasteiger partial charge in [-0.1, -0.05) is 24.3 Å². The van der Waals surface area contributed by atoms with Crippen molar-refractivity contribution in [2.24, 2.45) is 0 Å². The standard InChI is InChI=1S/C19H16N4O3/c24-19(11-14-5-4-10-20-13-14)22-18-12-16(23(25)26)8-9-17(18)21-15-6-2-1-3-7-15/h1-10,12-13,21H,11H2,(H,22,24). The van der Waals surface area contributed by atoms with Crippen molar-refractivity contribution < 1.29 is 9.72 Å². The highest BCUT2D eigenvalue weighted by Crippen LogP contribution is 2.29. The number of hydrogen-bond acceptors (Lipinski definition) is 5. The molecule has 7 nitrogen and oxygen atoms in total. The van der Waals surface area contributed by atoms with Gasteiger partial charge in [-0.3, -0.25) is 19.9 Å². The summed E-state index contributed by atoms with van der Waals surface area (Å²) in [6.45, 7) is 0. The maximum atomic E-state index is 12.3. The monoisotopic (exact) mass is 348 g/mol. The summed E-state index contributed by atoms with van der Waals surface area (Å²) < 4.78 is 0. The summed E-state index contributed by atoms with van der Waals surface area (Å²) in [5.41, 5.74) is 2.38. The van der Waals surface area contributed by atoms with Crippen LogP contribution < -0.4 is 10.6 Å². The van der Waals surface area contributed by atoms with Crippen LogP contribution in [-0.4, -0.2) is 15.8 Å². The van der Waals surface area contributed by atoms with Gasteiger partial charge in [0.15, 0.2) is 0 Å². The number of non-ortho nitro benzene ring substituents is 1. The molecule has 7 heteroatoms. The Morgan fingerprint density at radius 3 is 2.54 bits per heavy atom. The number of anilines is 3. The molecule has 1 heterocycles. The zero-order valence-corrected chi connectivity index (χ0v) is 13.8. The Balaban J connectivity index is 1.83. The van der Waals surface area contributed by atoms with E-state index in [1.165, 1.54) is 12.1 Å². The Morgan fingerprint density at radius 2 is 1.85 bits per heavy atom. The number of para-hydroxylation sites is 1. The lowest BCUT2D eigenvalue weighted by Gasteiger charge is -2.13. The molecule has 0 spiro atoms. The average molecular weight is 348 g/mol. The first-order valence-corrected chi connectivity index (χ1v) is 7.91. The number of amides is 1. The van der Waals surface area contributed by atoms with Gasteiger partial charge >= 0.3 is 0 Å². The van der Waals surface area contributed by atoms with Gasteiger partial charge in [0.2, 0.25) is 5.91 Å². The van der Waals surface area contributed by atoms with Crippen LogP contribution in [-0.2, 0) is 11.2 Å². The van der Waals surface area contributed by atoms with Crippen LogP contribution in [0.5, 0.6) is 0 Å². The lowest BCUT2D eigenvalue weighted by Crippen LogP contribution is -2.15. The molecular weight excluding hydrogens is 332 g/mol. The smallest absolute Gasteiger partial charge is 0.271 e. The van der Waals surface area contributed by atoms with E-state index < -0.39 is 4.92 Å². The summed E-state index contributed by atoms with van der Waals surface area (Å²) >= 11 is 0. The maximum absolute atomic E-state index is 12.3. The summed E-state index contributed by atoms with van der Waals surface area (Å²) in [5.74, 6) is -0.283. The molecule has 1 aromatic heterocycles. The van der Waals surface area contributed by atoms with Gasteiger partial charge in [0.05, 0.1) is 22.7 Å². The van der Waals surface area contributed by atoms with Crippen LogP contribution in [0.2, 0.25) is 0 Å². The van der Waals surface area contributed by atoms with Gasteiger partial charge in [0.25, 0.3) is 5.69 Å². The zero-order chi connectivity index (χ0) is 18.4. The van der Waals surface area contributed by atoms with Crippen molar-refractivity contribution in [2.75, 3.05) is 10.6 Å². The number of nitrogens with one attached hydrogen (secondary N) is 2. The first-order valence-electron chi connectivity index (χ1n) is 7.91. The number of nitro benzene ring substituents is 1. The molecule has 0 aliphatic carbocycles. The maximum Gasteiger partial charge on any atom is 0.271 e. The number of aromatic nitrogens is 1. The number of nitro groups is 1. The van der Waals surface area contributed by atoms with Gasteiger partial charge in [-0.15, -0.1) is 0 Å². The second kappa shape index (κ2) is 7.89. The molecule has 0 aliphatic rings. The van der Waals surface area contributed by atoms with Gasteiger partial charge in [-0.25, -0.2) is 0 Å². The van der Waals surface area contributed by atoms with Crippen molar-refractivity contribution >= 4 is 28.7 Å². The Labute approximate surface area is 149 Å². The van der Waals surface area contributed by atoms with E-state index in [4.69, 9.17) is 0 Å². The minimum Gasteiger partial charge on any atom is -0.354 e. The molecule has 0 saturated heterocycles. The van der Waals surface area contributed by atoms with Crippen molar-refractivity contribution in [2.45, 2.75) is 6.42 Å². The van der Waals surface area contributed by atoms with Crippen molar-refractivity contribution in [3.8, 4) is 0 Å². The molecule has 130 valence electrons. The van der Waals surface area contributed by atoms with Gasteiger partial charge < -0.3 is 10.6 Å². The molecule has 2 N–H and O–H groups in total. The quantitative estimate of drug-likeness (QED) is 0.520. The molecule has 0 bridgehead atoms. The van der Waals surface area contributed by atoms with Crippen LogP contribution in [0.3, 0.4) is 0 Å². The van der Waals surface area contributed by atoms with Crippen LogP contribution in [0, 0.1) is 10.1 Å². The Bertz CT molecular complexity index is 915. The normalized spacial score (nSPS) is 10.2. The Kier molecular flexibility index (Phi) is 5.19. The van der Waals surface area contributed by atoms with E-state index >= 15 is 0 Å². The summed E-state index contributed by atoms with van der Waals surface area (Å²) in [4.78, 5) is 26.9. The minimum absolute atomic E-state index is 0.0970. The van der Waals surface area contributed by atoms with Gasteiger partial charge in [0.1, 0.15) is 0 Å². The molecule has 26 heavy (non-hydrogen) atoms. The largest absolute Gasteiger partial charge is 0.354 e. The molecule has 2 aromatic carbocycles. The summed E-state index contributed by atoms with van der Waals surface area (Å²) in [6, 6.07) is 17.2. The molecule has 0 unspecified atom stereocenters. The molecule has 0 aliphatic heterocycles. The van der Waals surface area contributed by atoms with Gasteiger partial charge in [0, 0.05) is 30.2 Å². The highest BCUT2D eigenvalue weighted by molar-refractivity contribution is 5.96. The summed E-state index contributed by atoms with van der Waals surface area (Å²) in [7, 11) is 0. The van der Waals surface area contributed by atoms with Crippen molar-refractivity contribution in [1.82, 2.24) is 4.98 Å². The SMILES string of the molecule is O=C(Cc1cccnc1)Nc1cc([N+](=O)[O-])ccc1Nc1ccccc1. The number of hydrogen-bond donors (Lipinski definition) is 2. The predicted octanol–water partition coefficient (Wildman–Crippen LogP) is 3.91. The van der Waals surface area contributed by atoms with E-state index in [0.717, 1.165) is 11.3 Å². The highest BCUT2D eigenvalue weighted by Gasteiger charge is 2.14. The number of carbonyl (C=O) groups excluding carboxylic acids is 1. The van der Waals surface area contributed by atoms with Crippen molar-refractivity contribution in [3.05, 3.63) is 88.7 Å². The molecule has 0 radical (unpaired) electrons. The fraction of sp³-hybridized carbons (Fsp3) is 0.0526. The lowest BCUT2D eigenvalue weighted by atomic mass is 10.2. The van der Waals surface area contributed by atoms with Gasteiger partial charge in [-0.2, -0.15) is 0 Å². The molecular formula is C19H16N4O3. The topological polar surface area (TPSA) is 97.2 Å². The van der Waals surface area contributed by atoms with Crippen LogP contribution in [0.1, 0.15) is 5.56 Å². The Hall–Kier alpha value is -3.74. The lowest BCUT2D eigenvalue weighted by molar-refractivity contribution is -0.384. The molecule has 0 atom stereocenters. The first-order chi connectivity index (χ1) is 12.6. The second-order valence-electron chi connectivity index (χ2n) is 5.56. The van der Waals surface area contributed by atoms with E-state index in [9.17, 15) is 14.9 Å². The molecule has 3 aromatic rings. The fourth-order valence-corrected chi connectivity index (χ4v) is 2.42. The third-order valence-corrected chi connectivity index (χ3v) is 3.63. The fourth-order valence-electron chi connectivity index (χ4n) is 2.42. The van der Waals surface area contributed by atoms with Crippen LogP contribution in [0.25, 0.3) is 0 Å². The van der Waals surface area contributed by atoms with Gasteiger partial charge in [-0.05, 0) is 29.8 Å². The van der Waals surface area contributed by atoms with Crippen LogP contribution in [0.4, 0.5) is 22.7 Å². The highest BCUT2D eigenvalue weighted by atomic mass is 16.6. The van der Waals surface area contributed by atoms with E-state index in [1.54, 1.807) is 30.6 Å². The molecule has 3 rings (SSSR count). The van der Waals surface area contributed by atoms with E-state index in [1.807, 2.05) is 30.3 Å². The third-order valence-electron chi connectivity index (χ3n) is 3.63. The number of benzene rings is 2. The van der Waals surface area contributed by atoms with Crippen LogP contribution >= 0.6 is 0 Å². The van der Waals surface area contributed by atoms with Crippen molar-refractivity contribution in [1.29, 1.82) is 0 Å². The molecule has 1 amide bonds. The molecule has 0 saturated carbocycles. The average Bonchev–Trinajstić information content (AvgIpc) is 2.64. The molecule has 0 fully saturated rings.